The Morgan fingerprint density at radius 3 is 2.94 bits per heavy atom. The molecule has 0 aliphatic rings. The minimum absolute atomic E-state index is 0.334. The predicted octanol–water partition coefficient (Wildman–Crippen LogP) is 2.06. The number of imidazole rings is 1. The van der Waals surface area contributed by atoms with E-state index in [2.05, 4.69) is 4.98 Å². The molecule has 0 saturated carbocycles. The SMILES string of the molecule is Cc1nccn1CC(O)c1cccc(F)c1. The molecule has 1 aromatic carbocycles. The Labute approximate surface area is 93.2 Å². The number of aryl methyl sites for hydroxylation is 1. The summed E-state index contributed by atoms with van der Waals surface area (Å²) in [6, 6.07) is 6.00. The first-order chi connectivity index (χ1) is 7.66. The van der Waals surface area contributed by atoms with Gasteiger partial charge in [-0.25, -0.2) is 9.37 Å². The fourth-order valence-corrected chi connectivity index (χ4v) is 1.60. The molecule has 0 amide bonds. The van der Waals surface area contributed by atoms with Gasteiger partial charge in [-0.15, -0.1) is 0 Å². The number of aliphatic hydroxyl groups excluding tert-OH is 1. The van der Waals surface area contributed by atoms with Gasteiger partial charge in [0, 0.05) is 12.4 Å². The first-order valence-corrected chi connectivity index (χ1v) is 5.08. The third kappa shape index (κ3) is 2.28. The highest BCUT2D eigenvalue weighted by Gasteiger charge is 2.09. The van der Waals surface area contributed by atoms with Crippen LogP contribution < -0.4 is 0 Å². The van der Waals surface area contributed by atoms with Gasteiger partial charge in [0.1, 0.15) is 11.6 Å². The number of aliphatic hydroxyl groups is 1. The standard InChI is InChI=1S/C12H13FN2O/c1-9-14-5-6-15(9)8-12(16)10-3-2-4-11(13)7-10/h2-7,12,16H,8H2,1H3. The second kappa shape index (κ2) is 4.45. The number of aromatic nitrogens is 2. The van der Waals surface area contributed by atoms with Crippen LogP contribution in [-0.4, -0.2) is 14.7 Å². The molecule has 16 heavy (non-hydrogen) atoms. The molecule has 0 fully saturated rings. The summed E-state index contributed by atoms with van der Waals surface area (Å²) in [5, 5.41) is 9.93. The Bertz CT molecular complexity index is 481. The van der Waals surface area contributed by atoms with E-state index in [1.807, 2.05) is 11.5 Å². The molecule has 0 radical (unpaired) electrons. The molecular formula is C12H13FN2O. The van der Waals surface area contributed by atoms with Crippen molar-refractivity contribution in [2.24, 2.45) is 0 Å². The van der Waals surface area contributed by atoms with Crippen LogP contribution in [0.3, 0.4) is 0 Å². The quantitative estimate of drug-likeness (QED) is 0.859. The molecule has 0 aliphatic carbocycles. The van der Waals surface area contributed by atoms with Crippen molar-refractivity contribution in [2.75, 3.05) is 0 Å². The van der Waals surface area contributed by atoms with Crippen LogP contribution in [0.1, 0.15) is 17.5 Å². The predicted molar refractivity (Wildman–Crippen MR) is 58.3 cm³/mol. The zero-order valence-corrected chi connectivity index (χ0v) is 8.97. The van der Waals surface area contributed by atoms with Crippen LogP contribution in [0, 0.1) is 12.7 Å². The average Bonchev–Trinajstić information content (AvgIpc) is 2.64. The number of hydrogen-bond acceptors (Lipinski definition) is 2. The van der Waals surface area contributed by atoms with Gasteiger partial charge in [0.25, 0.3) is 0 Å². The van der Waals surface area contributed by atoms with Crippen LogP contribution in [0.4, 0.5) is 4.39 Å². The monoisotopic (exact) mass is 220 g/mol. The fourth-order valence-electron chi connectivity index (χ4n) is 1.60. The Morgan fingerprint density at radius 2 is 2.31 bits per heavy atom. The van der Waals surface area contributed by atoms with Gasteiger partial charge in [-0.05, 0) is 24.6 Å². The van der Waals surface area contributed by atoms with Crippen molar-refractivity contribution in [3.8, 4) is 0 Å². The van der Waals surface area contributed by atoms with E-state index in [1.165, 1.54) is 12.1 Å². The molecule has 1 atom stereocenters. The lowest BCUT2D eigenvalue weighted by Gasteiger charge is -2.12. The summed E-state index contributed by atoms with van der Waals surface area (Å²) in [5.74, 6) is 0.495. The van der Waals surface area contributed by atoms with Crippen LogP contribution in [0.15, 0.2) is 36.7 Å². The number of benzene rings is 1. The maximum absolute atomic E-state index is 13.0. The van der Waals surface area contributed by atoms with E-state index < -0.39 is 6.10 Å². The zero-order chi connectivity index (χ0) is 11.5. The molecule has 2 rings (SSSR count). The minimum atomic E-state index is -0.719. The Kier molecular flexibility index (Phi) is 3.01. The van der Waals surface area contributed by atoms with Crippen LogP contribution in [-0.2, 0) is 6.54 Å². The van der Waals surface area contributed by atoms with Crippen molar-refractivity contribution in [2.45, 2.75) is 19.6 Å². The van der Waals surface area contributed by atoms with Gasteiger partial charge in [-0.3, -0.25) is 0 Å². The molecular weight excluding hydrogens is 207 g/mol. The average molecular weight is 220 g/mol. The molecule has 0 aliphatic heterocycles. The summed E-state index contributed by atoms with van der Waals surface area (Å²) in [7, 11) is 0. The molecule has 1 heterocycles. The molecule has 1 aromatic heterocycles. The van der Waals surface area contributed by atoms with E-state index in [4.69, 9.17) is 0 Å². The summed E-state index contributed by atoms with van der Waals surface area (Å²) in [6.45, 7) is 2.24. The van der Waals surface area contributed by atoms with Crippen molar-refractivity contribution in [1.29, 1.82) is 0 Å². The highest BCUT2D eigenvalue weighted by molar-refractivity contribution is 5.18. The first-order valence-electron chi connectivity index (χ1n) is 5.08. The molecule has 1 unspecified atom stereocenters. The lowest BCUT2D eigenvalue weighted by Crippen LogP contribution is -2.09. The van der Waals surface area contributed by atoms with Crippen molar-refractivity contribution in [3.05, 3.63) is 53.9 Å². The Morgan fingerprint density at radius 1 is 1.50 bits per heavy atom. The molecule has 0 spiro atoms. The van der Waals surface area contributed by atoms with Crippen molar-refractivity contribution < 1.29 is 9.50 Å². The molecule has 1 N–H and O–H groups in total. The van der Waals surface area contributed by atoms with E-state index in [-0.39, 0.29) is 5.82 Å². The first kappa shape index (κ1) is 10.8. The normalized spacial score (nSPS) is 12.7. The topological polar surface area (TPSA) is 38.0 Å². The van der Waals surface area contributed by atoms with E-state index in [0.29, 0.717) is 12.1 Å². The fraction of sp³-hybridized carbons (Fsp3) is 0.250. The van der Waals surface area contributed by atoms with E-state index in [0.717, 1.165) is 5.82 Å². The summed E-state index contributed by atoms with van der Waals surface area (Å²) in [4.78, 5) is 4.06. The molecule has 0 bridgehead atoms. The highest BCUT2D eigenvalue weighted by atomic mass is 19.1. The van der Waals surface area contributed by atoms with Crippen molar-refractivity contribution >= 4 is 0 Å². The van der Waals surface area contributed by atoms with E-state index >= 15 is 0 Å². The van der Waals surface area contributed by atoms with Gasteiger partial charge >= 0.3 is 0 Å². The molecule has 0 saturated heterocycles. The molecule has 84 valence electrons. The van der Waals surface area contributed by atoms with Crippen LogP contribution in [0.5, 0.6) is 0 Å². The lowest BCUT2D eigenvalue weighted by atomic mass is 10.1. The number of nitrogens with zero attached hydrogens (tertiary/aromatic N) is 2. The Balaban J connectivity index is 2.14. The maximum atomic E-state index is 13.0. The second-order valence-corrected chi connectivity index (χ2v) is 3.70. The van der Waals surface area contributed by atoms with Gasteiger partial charge in [0.15, 0.2) is 0 Å². The van der Waals surface area contributed by atoms with Gasteiger partial charge in [0.05, 0.1) is 12.6 Å². The lowest BCUT2D eigenvalue weighted by molar-refractivity contribution is 0.155. The van der Waals surface area contributed by atoms with Crippen LogP contribution in [0.2, 0.25) is 0 Å². The summed E-state index contributed by atoms with van der Waals surface area (Å²) in [6.07, 6.45) is 2.74. The largest absolute Gasteiger partial charge is 0.387 e. The molecule has 2 aromatic rings. The van der Waals surface area contributed by atoms with Gasteiger partial charge in [0.2, 0.25) is 0 Å². The maximum Gasteiger partial charge on any atom is 0.123 e. The summed E-state index contributed by atoms with van der Waals surface area (Å²) >= 11 is 0. The van der Waals surface area contributed by atoms with Gasteiger partial charge in [-0.2, -0.15) is 0 Å². The number of rotatable bonds is 3. The number of hydrogen-bond donors (Lipinski definition) is 1. The summed E-state index contributed by atoms with van der Waals surface area (Å²) in [5.41, 5.74) is 0.577. The van der Waals surface area contributed by atoms with Crippen molar-refractivity contribution in [3.63, 3.8) is 0 Å². The smallest absolute Gasteiger partial charge is 0.123 e. The molecule has 3 nitrogen and oxygen atoms in total. The second-order valence-electron chi connectivity index (χ2n) is 3.70. The van der Waals surface area contributed by atoms with Crippen molar-refractivity contribution in [1.82, 2.24) is 9.55 Å². The highest BCUT2D eigenvalue weighted by Crippen LogP contribution is 2.16. The minimum Gasteiger partial charge on any atom is -0.387 e. The summed E-state index contributed by atoms with van der Waals surface area (Å²) < 4.78 is 14.8. The van der Waals surface area contributed by atoms with Gasteiger partial charge < -0.3 is 9.67 Å². The Hall–Kier alpha value is -1.68. The van der Waals surface area contributed by atoms with Gasteiger partial charge in [-0.1, -0.05) is 12.1 Å². The number of halogens is 1. The third-order valence-corrected chi connectivity index (χ3v) is 2.53. The molecule has 4 heteroatoms. The van der Waals surface area contributed by atoms with E-state index in [9.17, 15) is 9.50 Å². The van der Waals surface area contributed by atoms with Crippen LogP contribution >= 0.6 is 0 Å². The van der Waals surface area contributed by atoms with E-state index in [1.54, 1.807) is 24.5 Å². The third-order valence-electron chi connectivity index (χ3n) is 2.53. The van der Waals surface area contributed by atoms with Crippen LogP contribution in [0.25, 0.3) is 0 Å². The zero-order valence-electron chi connectivity index (χ0n) is 8.97.